The molecule has 1 saturated heterocycles. The predicted molar refractivity (Wildman–Crippen MR) is 106 cm³/mol. The van der Waals surface area contributed by atoms with E-state index in [9.17, 15) is 0 Å². The molecule has 0 spiro atoms. The molecule has 6 nitrogen and oxygen atoms in total. The monoisotopic (exact) mass is 375 g/mol. The first-order valence-electron chi connectivity index (χ1n) is 9.47. The highest BCUT2D eigenvalue weighted by Gasteiger charge is 2.26. The first kappa shape index (κ1) is 17.0. The minimum Gasteiger partial charge on any atom is -0.494 e. The fourth-order valence-electron chi connectivity index (χ4n) is 3.43. The molecule has 28 heavy (non-hydrogen) atoms. The molecule has 1 aliphatic heterocycles. The van der Waals surface area contributed by atoms with Crippen LogP contribution >= 0.6 is 0 Å². The maximum absolute atomic E-state index is 5.94. The largest absolute Gasteiger partial charge is 0.494 e. The molecule has 1 N–H and O–H groups in total. The van der Waals surface area contributed by atoms with E-state index in [1.54, 1.807) is 0 Å². The summed E-state index contributed by atoms with van der Waals surface area (Å²) in [6, 6.07) is 12.4. The third-order valence-electron chi connectivity index (χ3n) is 5.02. The fourth-order valence-corrected chi connectivity index (χ4v) is 3.43. The van der Waals surface area contributed by atoms with Gasteiger partial charge in [-0.3, -0.25) is 0 Å². The minimum absolute atomic E-state index is 0.343. The Kier molecular flexibility index (Phi) is 3.94. The summed E-state index contributed by atoms with van der Waals surface area (Å²) in [5, 5.41) is 8.53. The van der Waals surface area contributed by atoms with Crippen molar-refractivity contribution in [1.82, 2.24) is 15.5 Å². The number of aryl methyl sites for hydroxylation is 2. The molecule has 0 radical (unpaired) electrons. The molecule has 3 heterocycles. The smallest absolute Gasteiger partial charge is 0.258 e. The van der Waals surface area contributed by atoms with Crippen LogP contribution < -0.4 is 10.1 Å². The Morgan fingerprint density at radius 1 is 1.14 bits per heavy atom. The van der Waals surface area contributed by atoms with Gasteiger partial charge in [-0.05, 0) is 68.3 Å². The zero-order valence-corrected chi connectivity index (χ0v) is 16.1. The molecule has 5 rings (SSSR count). The van der Waals surface area contributed by atoms with Crippen molar-refractivity contribution in [3.05, 3.63) is 53.3 Å². The van der Waals surface area contributed by atoms with E-state index in [2.05, 4.69) is 27.6 Å². The summed E-state index contributed by atoms with van der Waals surface area (Å²) in [4.78, 5) is 4.63. The summed E-state index contributed by atoms with van der Waals surface area (Å²) in [5.74, 6) is 2.92. The van der Waals surface area contributed by atoms with Crippen LogP contribution in [0.3, 0.4) is 0 Å². The summed E-state index contributed by atoms with van der Waals surface area (Å²) >= 11 is 0. The lowest BCUT2D eigenvalue weighted by Gasteiger charge is -2.07. The SMILES string of the molecule is CCOc1ccc(-c2nc(-c3cc4cc(C5CN5)oc4cc3C)no2)cc1C. The van der Waals surface area contributed by atoms with Crippen LogP contribution in [0.5, 0.6) is 5.75 Å². The molecule has 0 aliphatic carbocycles. The molecule has 6 heteroatoms. The van der Waals surface area contributed by atoms with Crippen LogP contribution in [0, 0.1) is 13.8 Å². The molecule has 4 aromatic rings. The molecule has 1 fully saturated rings. The second-order valence-electron chi connectivity index (χ2n) is 7.15. The number of ether oxygens (including phenoxy) is 1. The standard InChI is InChI=1S/C22H21N3O3/c1-4-26-18-6-5-14(7-13(18)3)22-24-21(25-28-22)16-9-15-10-20(17-11-23-17)27-19(15)8-12(16)2/h5-10,17,23H,4,11H2,1-3H3. The Hall–Kier alpha value is -3.12. The van der Waals surface area contributed by atoms with Gasteiger partial charge in [0.25, 0.3) is 5.89 Å². The van der Waals surface area contributed by atoms with Gasteiger partial charge in [0.05, 0.1) is 12.6 Å². The molecule has 0 bridgehead atoms. The van der Waals surface area contributed by atoms with Crippen LogP contribution in [0.25, 0.3) is 33.8 Å². The number of nitrogens with one attached hydrogen (secondary N) is 1. The molecular formula is C22H21N3O3. The highest BCUT2D eigenvalue weighted by Crippen LogP contribution is 2.33. The Morgan fingerprint density at radius 3 is 2.75 bits per heavy atom. The molecule has 2 aromatic heterocycles. The zero-order chi connectivity index (χ0) is 19.3. The van der Waals surface area contributed by atoms with E-state index in [1.165, 1.54) is 0 Å². The second kappa shape index (κ2) is 6.49. The lowest BCUT2D eigenvalue weighted by Crippen LogP contribution is -1.94. The first-order chi connectivity index (χ1) is 13.6. The number of aromatic nitrogens is 2. The summed E-state index contributed by atoms with van der Waals surface area (Å²) in [6.45, 7) is 7.62. The van der Waals surface area contributed by atoms with Gasteiger partial charge in [0.15, 0.2) is 0 Å². The van der Waals surface area contributed by atoms with Crippen molar-refractivity contribution < 1.29 is 13.7 Å². The number of hydrogen-bond donors (Lipinski definition) is 1. The summed E-state index contributed by atoms with van der Waals surface area (Å²) in [6.07, 6.45) is 0. The van der Waals surface area contributed by atoms with Gasteiger partial charge in [0.1, 0.15) is 17.1 Å². The predicted octanol–water partition coefficient (Wildman–Crippen LogP) is 4.81. The van der Waals surface area contributed by atoms with Crippen molar-refractivity contribution >= 4 is 11.0 Å². The van der Waals surface area contributed by atoms with Gasteiger partial charge >= 0.3 is 0 Å². The van der Waals surface area contributed by atoms with Gasteiger partial charge in [-0.25, -0.2) is 0 Å². The van der Waals surface area contributed by atoms with E-state index in [4.69, 9.17) is 13.7 Å². The quantitative estimate of drug-likeness (QED) is 0.504. The van der Waals surface area contributed by atoms with Crippen molar-refractivity contribution in [3.8, 4) is 28.6 Å². The maximum Gasteiger partial charge on any atom is 0.258 e. The molecule has 1 aliphatic rings. The molecule has 2 aromatic carbocycles. The number of hydrogen-bond acceptors (Lipinski definition) is 6. The van der Waals surface area contributed by atoms with Gasteiger partial charge in [-0.15, -0.1) is 0 Å². The van der Waals surface area contributed by atoms with Crippen molar-refractivity contribution in [2.75, 3.05) is 13.2 Å². The van der Waals surface area contributed by atoms with Crippen LogP contribution in [0.4, 0.5) is 0 Å². The average Bonchev–Trinajstić information content (AvgIpc) is 3.27. The highest BCUT2D eigenvalue weighted by atomic mass is 16.5. The summed E-state index contributed by atoms with van der Waals surface area (Å²) < 4.78 is 17.1. The Balaban J connectivity index is 1.50. The summed E-state index contributed by atoms with van der Waals surface area (Å²) in [7, 11) is 0. The molecule has 0 saturated carbocycles. The number of nitrogens with zero attached hydrogens (tertiary/aromatic N) is 2. The van der Waals surface area contributed by atoms with Crippen LogP contribution in [0.2, 0.25) is 0 Å². The lowest BCUT2D eigenvalue weighted by atomic mass is 10.1. The van der Waals surface area contributed by atoms with E-state index >= 15 is 0 Å². The van der Waals surface area contributed by atoms with Crippen molar-refractivity contribution in [2.24, 2.45) is 0 Å². The molecular weight excluding hydrogens is 354 g/mol. The molecule has 1 atom stereocenters. The van der Waals surface area contributed by atoms with Gasteiger partial charge in [-0.1, -0.05) is 5.16 Å². The van der Waals surface area contributed by atoms with Crippen molar-refractivity contribution in [2.45, 2.75) is 26.8 Å². The summed E-state index contributed by atoms with van der Waals surface area (Å²) in [5.41, 5.74) is 4.80. The van der Waals surface area contributed by atoms with Crippen LogP contribution in [-0.2, 0) is 0 Å². The Morgan fingerprint density at radius 2 is 2.00 bits per heavy atom. The number of fused-ring (bicyclic) bond motifs is 1. The topological polar surface area (TPSA) is 83.2 Å². The fraction of sp³-hybridized carbons (Fsp3) is 0.273. The van der Waals surface area contributed by atoms with Gasteiger partial charge in [-0.2, -0.15) is 4.98 Å². The van der Waals surface area contributed by atoms with Gasteiger partial charge in [0, 0.05) is 23.1 Å². The number of furan rings is 1. The molecule has 0 amide bonds. The third-order valence-corrected chi connectivity index (χ3v) is 5.02. The number of rotatable bonds is 5. The lowest BCUT2D eigenvalue weighted by molar-refractivity contribution is 0.338. The van der Waals surface area contributed by atoms with Gasteiger partial charge < -0.3 is 19.0 Å². The van der Waals surface area contributed by atoms with Crippen LogP contribution in [0.15, 0.2) is 45.3 Å². The Labute approximate surface area is 162 Å². The first-order valence-corrected chi connectivity index (χ1v) is 9.47. The van der Waals surface area contributed by atoms with Gasteiger partial charge in [0.2, 0.25) is 5.82 Å². The number of benzene rings is 2. The van der Waals surface area contributed by atoms with E-state index in [0.29, 0.717) is 24.4 Å². The van der Waals surface area contributed by atoms with E-state index in [-0.39, 0.29) is 0 Å². The minimum atomic E-state index is 0.343. The molecule has 1 unspecified atom stereocenters. The third kappa shape index (κ3) is 2.96. The normalized spacial score (nSPS) is 15.9. The van der Waals surface area contributed by atoms with E-state index in [1.807, 2.05) is 45.0 Å². The highest BCUT2D eigenvalue weighted by molar-refractivity contribution is 5.85. The van der Waals surface area contributed by atoms with Crippen LogP contribution in [0.1, 0.15) is 29.9 Å². The molecule has 142 valence electrons. The zero-order valence-electron chi connectivity index (χ0n) is 16.1. The second-order valence-corrected chi connectivity index (χ2v) is 7.15. The maximum atomic E-state index is 5.94. The van der Waals surface area contributed by atoms with Crippen molar-refractivity contribution in [1.29, 1.82) is 0 Å². The average molecular weight is 375 g/mol. The van der Waals surface area contributed by atoms with Crippen LogP contribution in [-0.4, -0.2) is 23.3 Å². The van der Waals surface area contributed by atoms with E-state index in [0.717, 1.165) is 51.3 Å². The van der Waals surface area contributed by atoms with Crippen molar-refractivity contribution in [3.63, 3.8) is 0 Å². The Bertz CT molecular complexity index is 1170. The van der Waals surface area contributed by atoms with E-state index < -0.39 is 0 Å².